The number of nitrogens with zero attached hydrogens (tertiary/aromatic N) is 2. The van der Waals surface area contributed by atoms with Gasteiger partial charge in [-0.05, 0) is 25.0 Å². The number of alkyl halides is 3. The zero-order chi connectivity index (χ0) is 19.7. The van der Waals surface area contributed by atoms with Gasteiger partial charge in [-0.15, -0.1) is 0 Å². The molecule has 0 aliphatic heterocycles. The van der Waals surface area contributed by atoms with Crippen LogP contribution in [0.3, 0.4) is 0 Å². The molecular weight excluding hydrogens is 353 g/mol. The van der Waals surface area contributed by atoms with Crippen molar-refractivity contribution < 1.29 is 28.0 Å². The lowest BCUT2D eigenvalue weighted by atomic mass is 10.0. The number of unbranched alkanes of at least 4 members (excludes halogenated alkanes) is 2. The van der Waals surface area contributed by atoms with Crippen molar-refractivity contribution in [1.82, 2.24) is 15.5 Å². The van der Waals surface area contributed by atoms with E-state index in [2.05, 4.69) is 15.8 Å². The Morgan fingerprint density at radius 1 is 1.42 bits per heavy atom. The number of carbonyl (C=O) groups is 2. The van der Waals surface area contributed by atoms with Gasteiger partial charge in [-0.2, -0.15) is 13.2 Å². The van der Waals surface area contributed by atoms with E-state index in [9.17, 15) is 28.0 Å². The van der Waals surface area contributed by atoms with Gasteiger partial charge in [-0.3, -0.25) is 25.6 Å². The van der Waals surface area contributed by atoms with Gasteiger partial charge in [-0.1, -0.05) is 26.2 Å². The molecular formula is C16H23F3N4O3. The molecule has 0 spiro atoms. The van der Waals surface area contributed by atoms with Crippen LogP contribution in [-0.2, 0) is 15.8 Å². The van der Waals surface area contributed by atoms with Crippen LogP contribution >= 0.6 is 0 Å². The molecule has 1 rings (SSSR count). The Hall–Kier alpha value is -2.36. The maximum absolute atomic E-state index is 13.1. The summed E-state index contributed by atoms with van der Waals surface area (Å²) in [6, 6.07) is 1.22. The minimum Gasteiger partial charge on any atom is -0.286 e. The average Bonchev–Trinajstić information content (AvgIpc) is 2.57. The van der Waals surface area contributed by atoms with Crippen molar-refractivity contribution in [2.75, 3.05) is 12.0 Å². The molecule has 0 aliphatic carbocycles. The van der Waals surface area contributed by atoms with Crippen LogP contribution in [0.25, 0.3) is 0 Å². The van der Waals surface area contributed by atoms with Crippen LogP contribution in [0.4, 0.5) is 19.0 Å². The first kappa shape index (κ1) is 21.7. The Balaban J connectivity index is 2.84. The molecule has 0 unspecified atom stereocenters. The minimum absolute atomic E-state index is 0.0359. The molecule has 1 atom stereocenters. The van der Waals surface area contributed by atoms with E-state index in [1.165, 1.54) is 19.2 Å². The molecule has 10 heteroatoms. The lowest BCUT2D eigenvalue weighted by Gasteiger charge is -2.21. The number of hydrogen-bond donors (Lipinski definition) is 3. The van der Waals surface area contributed by atoms with E-state index < -0.39 is 29.4 Å². The molecule has 0 aliphatic rings. The van der Waals surface area contributed by atoms with Gasteiger partial charge in [0.1, 0.15) is 5.56 Å². The molecule has 0 radical (unpaired) electrons. The lowest BCUT2D eigenvalue weighted by Crippen LogP contribution is -2.40. The van der Waals surface area contributed by atoms with E-state index in [-0.39, 0.29) is 18.5 Å². The topological polar surface area (TPSA) is 94.6 Å². The van der Waals surface area contributed by atoms with E-state index in [4.69, 9.17) is 0 Å². The van der Waals surface area contributed by atoms with Gasteiger partial charge in [0.15, 0.2) is 5.82 Å². The first-order chi connectivity index (χ1) is 12.2. The summed E-state index contributed by atoms with van der Waals surface area (Å²) >= 11 is 0. The van der Waals surface area contributed by atoms with Gasteiger partial charge < -0.3 is 0 Å². The third kappa shape index (κ3) is 6.51. The smallest absolute Gasteiger partial charge is 0.286 e. The third-order valence-corrected chi connectivity index (χ3v) is 3.80. The maximum Gasteiger partial charge on any atom is 0.420 e. The van der Waals surface area contributed by atoms with Crippen LogP contribution in [0, 0.1) is 12.8 Å². The number of anilines is 1. The summed E-state index contributed by atoms with van der Waals surface area (Å²) in [7, 11) is 0. The van der Waals surface area contributed by atoms with E-state index in [0.29, 0.717) is 17.9 Å². The van der Waals surface area contributed by atoms with Crippen molar-refractivity contribution in [1.29, 1.82) is 0 Å². The van der Waals surface area contributed by atoms with Gasteiger partial charge in [0.2, 0.25) is 12.3 Å². The average molecular weight is 376 g/mol. The van der Waals surface area contributed by atoms with Crippen LogP contribution < -0.4 is 10.9 Å². The fraction of sp³-hybridized carbons (Fsp3) is 0.562. The van der Waals surface area contributed by atoms with Crippen LogP contribution in [0.5, 0.6) is 0 Å². The highest BCUT2D eigenvalue weighted by Gasteiger charge is 2.36. The summed E-state index contributed by atoms with van der Waals surface area (Å²) in [5.74, 6) is -1.93. The summed E-state index contributed by atoms with van der Waals surface area (Å²) in [6.07, 6.45) is -0.466. The molecule has 146 valence electrons. The number of hydrogen-bond acceptors (Lipinski definition) is 5. The molecule has 0 bridgehead atoms. The first-order valence-electron chi connectivity index (χ1n) is 8.20. The van der Waals surface area contributed by atoms with E-state index in [0.717, 1.165) is 12.8 Å². The standard InChI is InChI=1S/C16H23F3N4O3/c1-3-4-5-6-12(9-23(26)10-24)15(25)22-21-14-13(16(17,18)19)11(2)7-8-20-14/h7-8,10,12,26H,3-6,9H2,1-2H3,(H,20,21)(H,22,25)/t12-/m1/s1. The number of amides is 2. The predicted molar refractivity (Wildman–Crippen MR) is 87.9 cm³/mol. The highest BCUT2D eigenvalue weighted by molar-refractivity contribution is 5.80. The van der Waals surface area contributed by atoms with E-state index in [1.807, 2.05) is 6.92 Å². The SMILES string of the molecule is CCCCC[C@H](CN(O)C=O)C(=O)NNc1nccc(C)c1C(F)(F)F. The molecule has 7 nitrogen and oxygen atoms in total. The van der Waals surface area contributed by atoms with Crippen molar-refractivity contribution in [3.05, 3.63) is 23.4 Å². The molecule has 26 heavy (non-hydrogen) atoms. The largest absolute Gasteiger partial charge is 0.420 e. The minimum atomic E-state index is -4.63. The first-order valence-corrected chi connectivity index (χ1v) is 8.20. The number of hydroxylamine groups is 2. The Bertz CT molecular complexity index is 611. The second kappa shape index (κ2) is 9.95. The molecule has 2 amide bonds. The molecule has 1 aromatic rings. The monoisotopic (exact) mass is 376 g/mol. The zero-order valence-corrected chi connectivity index (χ0v) is 14.6. The van der Waals surface area contributed by atoms with Crippen LogP contribution in [0.2, 0.25) is 0 Å². The highest BCUT2D eigenvalue weighted by atomic mass is 19.4. The quantitative estimate of drug-likeness (QED) is 0.253. The molecule has 1 heterocycles. The van der Waals surface area contributed by atoms with Gasteiger partial charge in [0.25, 0.3) is 0 Å². The number of carbonyl (C=O) groups excluding carboxylic acids is 2. The Morgan fingerprint density at radius 2 is 2.12 bits per heavy atom. The fourth-order valence-corrected chi connectivity index (χ4v) is 2.45. The summed E-state index contributed by atoms with van der Waals surface area (Å²) in [5.41, 5.74) is 3.38. The zero-order valence-electron chi connectivity index (χ0n) is 14.6. The molecule has 0 saturated heterocycles. The fourth-order valence-electron chi connectivity index (χ4n) is 2.45. The molecule has 3 N–H and O–H groups in total. The van der Waals surface area contributed by atoms with Crippen molar-refractivity contribution in [2.45, 2.75) is 45.7 Å². The van der Waals surface area contributed by atoms with Gasteiger partial charge in [0, 0.05) is 6.20 Å². The second-order valence-electron chi connectivity index (χ2n) is 5.88. The van der Waals surface area contributed by atoms with Crippen molar-refractivity contribution >= 4 is 18.1 Å². The van der Waals surface area contributed by atoms with Gasteiger partial charge >= 0.3 is 6.18 Å². The summed E-state index contributed by atoms with van der Waals surface area (Å²) in [6.45, 7) is 3.01. The molecule has 0 saturated carbocycles. The number of aromatic nitrogens is 1. The number of nitrogens with one attached hydrogen (secondary N) is 2. The number of rotatable bonds is 10. The molecule has 1 aromatic heterocycles. The Morgan fingerprint density at radius 3 is 2.69 bits per heavy atom. The van der Waals surface area contributed by atoms with Crippen molar-refractivity contribution in [3.63, 3.8) is 0 Å². The Kier molecular flexibility index (Phi) is 8.30. The molecule has 0 aromatic carbocycles. The van der Waals surface area contributed by atoms with Crippen LogP contribution in [-0.4, -0.2) is 34.1 Å². The number of aryl methyl sites for hydroxylation is 1. The second-order valence-corrected chi connectivity index (χ2v) is 5.88. The summed E-state index contributed by atoms with van der Waals surface area (Å²) in [5, 5.41) is 9.65. The number of pyridine rings is 1. The maximum atomic E-state index is 13.1. The summed E-state index contributed by atoms with van der Waals surface area (Å²) < 4.78 is 39.4. The van der Waals surface area contributed by atoms with Crippen molar-refractivity contribution in [2.24, 2.45) is 5.92 Å². The van der Waals surface area contributed by atoms with Gasteiger partial charge in [-0.25, -0.2) is 10.0 Å². The predicted octanol–water partition coefficient (Wildman–Crippen LogP) is 2.90. The van der Waals surface area contributed by atoms with Crippen LogP contribution in [0.15, 0.2) is 12.3 Å². The number of halogens is 3. The van der Waals surface area contributed by atoms with Crippen LogP contribution in [0.1, 0.15) is 43.7 Å². The summed E-state index contributed by atoms with van der Waals surface area (Å²) in [4.78, 5) is 26.5. The normalized spacial score (nSPS) is 12.4. The Labute approximate surface area is 149 Å². The van der Waals surface area contributed by atoms with Gasteiger partial charge in [0.05, 0.1) is 12.5 Å². The van der Waals surface area contributed by atoms with E-state index in [1.54, 1.807) is 0 Å². The lowest BCUT2D eigenvalue weighted by molar-refractivity contribution is -0.154. The third-order valence-electron chi connectivity index (χ3n) is 3.80. The van der Waals surface area contributed by atoms with E-state index >= 15 is 0 Å². The highest BCUT2D eigenvalue weighted by Crippen LogP contribution is 2.35. The van der Waals surface area contributed by atoms with Crippen molar-refractivity contribution in [3.8, 4) is 0 Å². The number of hydrazine groups is 1. The molecule has 0 fully saturated rings.